The molecular weight excluding hydrogens is 283 g/mol. The Labute approximate surface area is 127 Å². The summed E-state index contributed by atoms with van der Waals surface area (Å²) >= 11 is 0. The maximum Gasteiger partial charge on any atom is 0.261 e. The molecule has 1 atom stereocenters. The monoisotopic (exact) mass is 298 g/mol. The summed E-state index contributed by atoms with van der Waals surface area (Å²) in [5.74, 6) is -0.850. The van der Waals surface area contributed by atoms with Gasteiger partial charge >= 0.3 is 0 Å². The molecule has 0 saturated heterocycles. The van der Waals surface area contributed by atoms with Gasteiger partial charge in [-0.3, -0.25) is 14.5 Å². The van der Waals surface area contributed by atoms with E-state index in [1.165, 1.54) is 19.2 Å². The highest BCUT2D eigenvalue weighted by Gasteiger charge is 2.32. The number of nitrogens with one attached hydrogen (secondary N) is 1. The zero-order chi connectivity index (χ0) is 15.9. The van der Waals surface area contributed by atoms with Crippen molar-refractivity contribution in [3.8, 4) is 0 Å². The van der Waals surface area contributed by atoms with Crippen molar-refractivity contribution < 1.29 is 14.0 Å². The Balaban J connectivity index is 1.84. The Bertz CT molecular complexity index is 756. The maximum absolute atomic E-state index is 12.9. The van der Waals surface area contributed by atoms with Crippen LogP contribution in [-0.4, -0.2) is 23.8 Å². The van der Waals surface area contributed by atoms with E-state index in [9.17, 15) is 14.0 Å². The second-order valence-corrected chi connectivity index (χ2v) is 5.35. The second-order valence-electron chi connectivity index (χ2n) is 5.35. The molecule has 0 saturated carbocycles. The van der Waals surface area contributed by atoms with Crippen molar-refractivity contribution in [3.63, 3.8) is 0 Å². The summed E-state index contributed by atoms with van der Waals surface area (Å²) in [4.78, 5) is 24.9. The van der Waals surface area contributed by atoms with E-state index in [0.29, 0.717) is 11.1 Å². The van der Waals surface area contributed by atoms with Gasteiger partial charge in [0.25, 0.3) is 11.8 Å². The predicted molar refractivity (Wildman–Crippen MR) is 81.3 cm³/mol. The van der Waals surface area contributed by atoms with E-state index in [1.807, 2.05) is 6.92 Å². The summed E-state index contributed by atoms with van der Waals surface area (Å²) < 4.78 is 12.9. The first-order valence-electron chi connectivity index (χ1n) is 6.96. The Morgan fingerprint density at radius 1 is 1.00 bits per heavy atom. The number of rotatable bonds is 3. The third-order valence-corrected chi connectivity index (χ3v) is 3.84. The quantitative estimate of drug-likeness (QED) is 0.885. The van der Waals surface area contributed by atoms with Crippen LogP contribution in [0.15, 0.2) is 42.5 Å². The lowest BCUT2D eigenvalue weighted by Crippen LogP contribution is -2.24. The van der Waals surface area contributed by atoms with Gasteiger partial charge < -0.3 is 5.32 Å². The number of hydrogen-bond donors (Lipinski definition) is 1. The van der Waals surface area contributed by atoms with Gasteiger partial charge in [-0.05, 0) is 42.8 Å². The van der Waals surface area contributed by atoms with Crippen LogP contribution in [0.4, 0.5) is 10.1 Å². The largest absolute Gasteiger partial charge is 0.379 e. The SMILES string of the molecule is CC(Nc1ccc2c(c1)C(=O)N(C)C2=O)c1ccc(F)cc1. The minimum Gasteiger partial charge on any atom is -0.379 e. The summed E-state index contributed by atoms with van der Waals surface area (Å²) in [5.41, 5.74) is 2.50. The fourth-order valence-electron chi connectivity index (χ4n) is 2.54. The molecule has 2 aromatic carbocycles. The average molecular weight is 298 g/mol. The second kappa shape index (κ2) is 5.26. The molecule has 3 rings (SSSR count). The van der Waals surface area contributed by atoms with E-state index in [-0.39, 0.29) is 23.7 Å². The summed E-state index contributed by atoms with van der Waals surface area (Å²) in [5, 5.41) is 3.25. The van der Waals surface area contributed by atoms with Crippen molar-refractivity contribution >= 4 is 17.5 Å². The van der Waals surface area contributed by atoms with Crippen molar-refractivity contribution in [3.05, 3.63) is 65.0 Å². The summed E-state index contributed by atoms with van der Waals surface area (Å²) in [7, 11) is 1.47. The van der Waals surface area contributed by atoms with Gasteiger partial charge in [0.2, 0.25) is 0 Å². The van der Waals surface area contributed by atoms with Gasteiger partial charge in [0, 0.05) is 18.8 Å². The molecular formula is C17H15FN2O2. The zero-order valence-corrected chi connectivity index (χ0v) is 12.3. The first kappa shape index (κ1) is 14.3. The number of imide groups is 1. The number of anilines is 1. The normalized spacial score (nSPS) is 15.0. The number of benzene rings is 2. The van der Waals surface area contributed by atoms with E-state index in [0.717, 1.165) is 16.2 Å². The van der Waals surface area contributed by atoms with Gasteiger partial charge in [0.15, 0.2) is 0 Å². The maximum atomic E-state index is 12.9. The van der Waals surface area contributed by atoms with E-state index in [1.54, 1.807) is 30.3 Å². The molecule has 1 aliphatic heterocycles. The van der Waals surface area contributed by atoms with Gasteiger partial charge in [-0.1, -0.05) is 12.1 Å². The third kappa shape index (κ3) is 2.35. The molecule has 1 heterocycles. The van der Waals surface area contributed by atoms with Crippen LogP contribution < -0.4 is 5.32 Å². The minimum absolute atomic E-state index is 0.0522. The van der Waals surface area contributed by atoms with Crippen molar-refractivity contribution in [1.29, 1.82) is 0 Å². The van der Waals surface area contributed by atoms with E-state index in [2.05, 4.69) is 5.32 Å². The van der Waals surface area contributed by atoms with Gasteiger partial charge in [-0.25, -0.2) is 4.39 Å². The topological polar surface area (TPSA) is 49.4 Å². The first-order chi connectivity index (χ1) is 10.5. The predicted octanol–water partition coefficient (Wildman–Crippen LogP) is 3.22. The molecule has 2 amide bonds. The average Bonchev–Trinajstić information content (AvgIpc) is 2.72. The lowest BCUT2D eigenvalue weighted by Gasteiger charge is -2.16. The molecule has 4 nitrogen and oxygen atoms in total. The highest BCUT2D eigenvalue weighted by atomic mass is 19.1. The molecule has 112 valence electrons. The van der Waals surface area contributed by atoms with Crippen LogP contribution in [-0.2, 0) is 0 Å². The van der Waals surface area contributed by atoms with E-state index < -0.39 is 0 Å². The molecule has 0 radical (unpaired) electrons. The molecule has 0 aromatic heterocycles. The third-order valence-electron chi connectivity index (χ3n) is 3.84. The van der Waals surface area contributed by atoms with Crippen molar-refractivity contribution in [2.75, 3.05) is 12.4 Å². The highest BCUT2D eigenvalue weighted by molar-refractivity contribution is 6.21. The number of fused-ring (bicyclic) bond motifs is 1. The van der Waals surface area contributed by atoms with Crippen LogP contribution in [0.1, 0.15) is 39.2 Å². The number of nitrogens with zero attached hydrogens (tertiary/aromatic N) is 1. The molecule has 0 bridgehead atoms. The summed E-state index contributed by atoms with van der Waals surface area (Å²) in [6.45, 7) is 1.94. The lowest BCUT2D eigenvalue weighted by molar-refractivity contribution is 0.0693. The molecule has 0 spiro atoms. The van der Waals surface area contributed by atoms with Crippen LogP contribution in [0, 0.1) is 5.82 Å². The van der Waals surface area contributed by atoms with Gasteiger partial charge in [0.1, 0.15) is 5.82 Å². The van der Waals surface area contributed by atoms with Crippen LogP contribution in [0.25, 0.3) is 0 Å². The summed E-state index contributed by atoms with van der Waals surface area (Å²) in [6.07, 6.45) is 0. The van der Waals surface area contributed by atoms with Gasteiger partial charge in [-0.15, -0.1) is 0 Å². The molecule has 2 aromatic rings. The fraction of sp³-hybridized carbons (Fsp3) is 0.176. The molecule has 22 heavy (non-hydrogen) atoms. The summed E-state index contributed by atoms with van der Waals surface area (Å²) in [6, 6.07) is 11.3. The van der Waals surface area contributed by atoms with Crippen molar-refractivity contribution in [2.24, 2.45) is 0 Å². The Morgan fingerprint density at radius 3 is 2.32 bits per heavy atom. The highest BCUT2D eigenvalue weighted by Crippen LogP contribution is 2.27. The van der Waals surface area contributed by atoms with Crippen molar-refractivity contribution in [2.45, 2.75) is 13.0 Å². The van der Waals surface area contributed by atoms with Crippen LogP contribution in [0.3, 0.4) is 0 Å². The Kier molecular flexibility index (Phi) is 3.41. The number of hydrogen-bond acceptors (Lipinski definition) is 3. The smallest absolute Gasteiger partial charge is 0.261 e. The molecule has 0 aliphatic carbocycles. The number of amides is 2. The molecule has 1 unspecified atom stereocenters. The van der Waals surface area contributed by atoms with E-state index >= 15 is 0 Å². The van der Waals surface area contributed by atoms with Crippen LogP contribution in [0.5, 0.6) is 0 Å². The van der Waals surface area contributed by atoms with Crippen LogP contribution >= 0.6 is 0 Å². The molecule has 0 fully saturated rings. The zero-order valence-electron chi connectivity index (χ0n) is 12.3. The number of halogens is 1. The van der Waals surface area contributed by atoms with Gasteiger partial charge in [0.05, 0.1) is 11.1 Å². The first-order valence-corrected chi connectivity index (χ1v) is 6.96. The Morgan fingerprint density at radius 2 is 1.64 bits per heavy atom. The molecule has 1 N–H and O–H groups in total. The van der Waals surface area contributed by atoms with Gasteiger partial charge in [-0.2, -0.15) is 0 Å². The van der Waals surface area contributed by atoms with Crippen molar-refractivity contribution in [1.82, 2.24) is 4.90 Å². The Hall–Kier alpha value is -2.69. The standard InChI is InChI=1S/C17H15FN2O2/c1-10(11-3-5-12(18)6-4-11)19-13-7-8-14-15(9-13)17(22)20(2)16(14)21/h3-10,19H,1-2H3. The van der Waals surface area contributed by atoms with Crippen LogP contribution in [0.2, 0.25) is 0 Å². The molecule has 1 aliphatic rings. The number of carbonyl (C=O) groups excluding carboxylic acids is 2. The molecule has 5 heteroatoms. The number of carbonyl (C=O) groups is 2. The van der Waals surface area contributed by atoms with E-state index in [4.69, 9.17) is 0 Å². The fourth-order valence-corrected chi connectivity index (χ4v) is 2.54. The minimum atomic E-state index is -0.293. The lowest BCUT2D eigenvalue weighted by atomic mass is 10.1.